The van der Waals surface area contributed by atoms with E-state index in [9.17, 15) is 4.79 Å². The first-order valence-corrected chi connectivity index (χ1v) is 6.48. The Morgan fingerprint density at radius 1 is 1.20 bits per heavy atom. The van der Waals surface area contributed by atoms with Crippen LogP contribution in [-0.2, 0) is 4.79 Å². The molecule has 2 atom stereocenters. The standard InChI is InChI=1S/C13H25NO/c1-4-5-6-10-13(15)14-11(2)8-7-9-12(14)3/h11-12H,4-10H2,1-3H3. The smallest absolute Gasteiger partial charge is 0.223 e. The molecule has 15 heavy (non-hydrogen) atoms. The fourth-order valence-electron chi connectivity index (χ4n) is 2.57. The minimum atomic E-state index is 0.378. The van der Waals surface area contributed by atoms with Gasteiger partial charge in [0.15, 0.2) is 0 Å². The number of hydrogen-bond acceptors (Lipinski definition) is 1. The summed E-state index contributed by atoms with van der Waals surface area (Å²) in [4.78, 5) is 14.1. The van der Waals surface area contributed by atoms with Crippen molar-refractivity contribution in [3.8, 4) is 0 Å². The molecule has 1 aliphatic heterocycles. The molecule has 0 radical (unpaired) electrons. The van der Waals surface area contributed by atoms with Crippen molar-refractivity contribution in [1.29, 1.82) is 0 Å². The van der Waals surface area contributed by atoms with Crippen molar-refractivity contribution in [3.05, 3.63) is 0 Å². The van der Waals surface area contributed by atoms with E-state index in [1.165, 1.54) is 32.1 Å². The highest BCUT2D eigenvalue weighted by Gasteiger charge is 2.27. The zero-order valence-corrected chi connectivity index (χ0v) is 10.5. The summed E-state index contributed by atoms with van der Waals surface area (Å²) in [6.07, 6.45) is 7.84. The van der Waals surface area contributed by atoms with E-state index in [-0.39, 0.29) is 0 Å². The number of rotatable bonds is 4. The minimum Gasteiger partial charge on any atom is -0.337 e. The summed E-state index contributed by atoms with van der Waals surface area (Å²) < 4.78 is 0. The van der Waals surface area contributed by atoms with Gasteiger partial charge in [0.1, 0.15) is 0 Å². The molecular weight excluding hydrogens is 186 g/mol. The number of hydrogen-bond donors (Lipinski definition) is 0. The van der Waals surface area contributed by atoms with Crippen LogP contribution >= 0.6 is 0 Å². The average Bonchev–Trinajstić information content (AvgIpc) is 2.18. The van der Waals surface area contributed by atoms with Crippen LogP contribution in [0.15, 0.2) is 0 Å². The number of carbonyl (C=O) groups is 1. The van der Waals surface area contributed by atoms with Crippen molar-refractivity contribution < 1.29 is 4.79 Å². The predicted octanol–water partition coefficient (Wildman–Crippen LogP) is 3.36. The van der Waals surface area contributed by atoms with Gasteiger partial charge in [0, 0.05) is 18.5 Å². The van der Waals surface area contributed by atoms with E-state index in [4.69, 9.17) is 0 Å². The minimum absolute atomic E-state index is 0.378. The first-order valence-electron chi connectivity index (χ1n) is 6.48. The monoisotopic (exact) mass is 211 g/mol. The molecule has 1 aliphatic rings. The number of likely N-dealkylation sites (tertiary alicyclic amines) is 1. The van der Waals surface area contributed by atoms with E-state index in [1.807, 2.05) is 0 Å². The Hall–Kier alpha value is -0.530. The number of amides is 1. The summed E-state index contributed by atoms with van der Waals surface area (Å²) >= 11 is 0. The van der Waals surface area contributed by atoms with Crippen LogP contribution in [-0.4, -0.2) is 22.9 Å². The van der Waals surface area contributed by atoms with Crippen LogP contribution in [0, 0.1) is 0 Å². The maximum atomic E-state index is 12.0. The first kappa shape index (κ1) is 12.5. The number of nitrogens with zero attached hydrogens (tertiary/aromatic N) is 1. The van der Waals surface area contributed by atoms with Gasteiger partial charge in [-0.25, -0.2) is 0 Å². The summed E-state index contributed by atoms with van der Waals surface area (Å²) in [5.74, 6) is 0.378. The molecule has 88 valence electrons. The van der Waals surface area contributed by atoms with Gasteiger partial charge < -0.3 is 4.90 Å². The van der Waals surface area contributed by atoms with Gasteiger partial charge >= 0.3 is 0 Å². The Labute approximate surface area is 94.0 Å². The molecule has 1 saturated heterocycles. The Balaban J connectivity index is 2.41. The number of carbonyl (C=O) groups excluding carboxylic acids is 1. The Bertz CT molecular complexity index is 193. The quantitative estimate of drug-likeness (QED) is 0.653. The lowest BCUT2D eigenvalue weighted by molar-refractivity contribution is -0.137. The fourth-order valence-corrected chi connectivity index (χ4v) is 2.57. The summed E-state index contributed by atoms with van der Waals surface area (Å²) in [5.41, 5.74) is 0. The van der Waals surface area contributed by atoms with Gasteiger partial charge in [-0.1, -0.05) is 19.8 Å². The summed E-state index contributed by atoms with van der Waals surface area (Å²) in [6.45, 7) is 6.55. The molecule has 0 aromatic rings. The van der Waals surface area contributed by atoms with Crippen LogP contribution in [0.1, 0.15) is 65.7 Å². The first-order chi connectivity index (χ1) is 7.16. The molecule has 2 heteroatoms. The third-order valence-corrected chi connectivity index (χ3v) is 3.48. The van der Waals surface area contributed by atoms with Crippen LogP contribution in [0.25, 0.3) is 0 Å². The maximum absolute atomic E-state index is 12.0. The molecule has 0 aromatic heterocycles. The SMILES string of the molecule is CCCCCC(=O)N1C(C)CCCC1C. The van der Waals surface area contributed by atoms with Crippen molar-refractivity contribution in [2.24, 2.45) is 0 Å². The molecule has 0 bridgehead atoms. The molecule has 2 nitrogen and oxygen atoms in total. The normalized spacial score (nSPS) is 26.7. The molecular formula is C13H25NO. The highest BCUT2D eigenvalue weighted by atomic mass is 16.2. The van der Waals surface area contributed by atoms with Gasteiger partial charge in [-0.15, -0.1) is 0 Å². The lowest BCUT2D eigenvalue weighted by Gasteiger charge is -2.39. The predicted molar refractivity (Wildman–Crippen MR) is 63.8 cm³/mol. The number of piperidine rings is 1. The largest absolute Gasteiger partial charge is 0.337 e. The molecule has 1 amide bonds. The molecule has 1 rings (SSSR count). The van der Waals surface area contributed by atoms with E-state index in [0.29, 0.717) is 18.0 Å². The highest BCUT2D eigenvalue weighted by molar-refractivity contribution is 5.76. The zero-order valence-electron chi connectivity index (χ0n) is 10.5. The van der Waals surface area contributed by atoms with Gasteiger partial charge in [-0.2, -0.15) is 0 Å². The fraction of sp³-hybridized carbons (Fsp3) is 0.923. The Kier molecular flexibility index (Phi) is 5.13. The van der Waals surface area contributed by atoms with E-state index in [0.717, 1.165) is 12.8 Å². The molecule has 0 N–H and O–H groups in total. The van der Waals surface area contributed by atoms with Crippen LogP contribution in [0.2, 0.25) is 0 Å². The van der Waals surface area contributed by atoms with E-state index in [2.05, 4.69) is 25.7 Å². The van der Waals surface area contributed by atoms with Gasteiger partial charge in [0.2, 0.25) is 5.91 Å². The summed E-state index contributed by atoms with van der Waals surface area (Å²) in [7, 11) is 0. The molecule has 2 unspecified atom stereocenters. The van der Waals surface area contributed by atoms with Gasteiger partial charge in [0.25, 0.3) is 0 Å². The van der Waals surface area contributed by atoms with Gasteiger partial charge in [-0.3, -0.25) is 4.79 Å². The highest BCUT2D eigenvalue weighted by Crippen LogP contribution is 2.23. The van der Waals surface area contributed by atoms with Crippen molar-refractivity contribution in [2.75, 3.05) is 0 Å². The van der Waals surface area contributed by atoms with E-state index >= 15 is 0 Å². The van der Waals surface area contributed by atoms with Crippen LogP contribution in [0.5, 0.6) is 0 Å². The van der Waals surface area contributed by atoms with E-state index in [1.54, 1.807) is 0 Å². The van der Waals surface area contributed by atoms with Crippen LogP contribution in [0.3, 0.4) is 0 Å². The van der Waals surface area contributed by atoms with Gasteiger partial charge in [0.05, 0.1) is 0 Å². The third kappa shape index (κ3) is 3.51. The van der Waals surface area contributed by atoms with Gasteiger partial charge in [-0.05, 0) is 39.5 Å². The van der Waals surface area contributed by atoms with Crippen molar-refractivity contribution in [3.63, 3.8) is 0 Å². The van der Waals surface area contributed by atoms with E-state index < -0.39 is 0 Å². The summed E-state index contributed by atoms with van der Waals surface area (Å²) in [5, 5.41) is 0. The Morgan fingerprint density at radius 2 is 1.80 bits per heavy atom. The van der Waals surface area contributed by atoms with Crippen LogP contribution < -0.4 is 0 Å². The van der Waals surface area contributed by atoms with Crippen molar-refractivity contribution >= 4 is 5.91 Å². The second kappa shape index (κ2) is 6.14. The van der Waals surface area contributed by atoms with Crippen molar-refractivity contribution in [2.45, 2.75) is 77.8 Å². The third-order valence-electron chi connectivity index (χ3n) is 3.48. The molecule has 0 aromatic carbocycles. The molecule has 0 saturated carbocycles. The lowest BCUT2D eigenvalue weighted by Crippen LogP contribution is -2.47. The second-order valence-electron chi connectivity index (χ2n) is 4.89. The topological polar surface area (TPSA) is 20.3 Å². The molecule has 1 fully saturated rings. The number of unbranched alkanes of at least 4 members (excludes halogenated alkanes) is 2. The lowest BCUT2D eigenvalue weighted by atomic mass is 9.97. The maximum Gasteiger partial charge on any atom is 0.223 e. The Morgan fingerprint density at radius 3 is 2.33 bits per heavy atom. The molecule has 0 aliphatic carbocycles. The zero-order chi connectivity index (χ0) is 11.3. The van der Waals surface area contributed by atoms with Crippen molar-refractivity contribution in [1.82, 2.24) is 4.90 Å². The molecule has 1 heterocycles. The molecule has 0 spiro atoms. The second-order valence-corrected chi connectivity index (χ2v) is 4.89. The summed E-state index contributed by atoms with van der Waals surface area (Å²) in [6, 6.07) is 0.922. The average molecular weight is 211 g/mol. The van der Waals surface area contributed by atoms with Crippen LogP contribution in [0.4, 0.5) is 0 Å².